The second kappa shape index (κ2) is 5.51. The zero-order chi connectivity index (χ0) is 13.9. The molecular weight excluding hydrogens is 240 g/mol. The van der Waals surface area contributed by atoms with E-state index in [1.54, 1.807) is 7.11 Å². The molecule has 1 aliphatic rings. The zero-order valence-corrected chi connectivity index (χ0v) is 12.4. The Bertz CT molecular complexity index is 399. The first-order chi connectivity index (χ1) is 8.92. The molecule has 0 unspecified atom stereocenters. The lowest BCUT2D eigenvalue weighted by atomic mass is 9.94. The second-order valence-electron chi connectivity index (χ2n) is 6.22. The Morgan fingerprint density at radius 1 is 1.05 bits per heavy atom. The lowest BCUT2D eigenvalue weighted by Gasteiger charge is -2.41. The maximum atomic E-state index is 5.90. The first kappa shape index (κ1) is 14.4. The Hall–Kier alpha value is -1.06. The van der Waals surface area contributed by atoms with Crippen molar-refractivity contribution in [2.24, 2.45) is 5.41 Å². The number of benzene rings is 1. The Labute approximate surface area is 115 Å². The average Bonchev–Trinajstić information content (AvgIpc) is 2.41. The van der Waals surface area contributed by atoms with Gasteiger partial charge in [-0.05, 0) is 31.0 Å². The fourth-order valence-electron chi connectivity index (χ4n) is 2.09. The van der Waals surface area contributed by atoms with Crippen LogP contribution in [0, 0.1) is 5.41 Å². The van der Waals surface area contributed by atoms with Gasteiger partial charge in [-0.15, -0.1) is 0 Å². The van der Waals surface area contributed by atoms with Crippen molar-refractivity contribution in [1.82, 2.24) is 0 Å². The monoisotopic (exact) mass is 264 g/mol. The van der Waals surface area contributed by atoms with E-state index >= 15 is 0 Å². The average molecular weight is 264 g/mol. The van der Waals surface area contributed by atoms with E-state index in [0.717, 1.165) is 31.8 Å². The van der Waals surface area contributed by atoms with Crippen molar-refractivity contribution in [1.29, 1.82) is 0 Å². The maximum Gasteiger partial charge on any atom is 0.165 e. The molecule has 0 N–H and O–H groups in total. The number of aryl methyl sites for hydroxylation is 1. The third kappa shape index (κ3) is 3.95. The lowest BCUT2D eigenvalue weighted by molar-refractivity contribution is -0.291. The van der Waals surface area contributed by atoms with Crippen molar-refractivity contribution < 1.29 is 14.2 Å². The molecule has 0 amide bonds. The molecule has 0 spiro atoms. The summed E-state index contributed by atoms with van der Waals surface area (Å²) >= 11 is 0. The number of methoxy groups -OCH3 is 1. The van der Waals surface area contributed by atoms with Gasteiger partial charge in [0.15, 0.2) is 5.79 Å². The van der Waals surface area contributed by atoms with Crippen molar-refractivity contribution in [3.05, 3.63) is 29.8 Å². The van der Waals surface area contributed by atoms with Gasteiger partial charge in [-0.3, -0.25) is 0 Å². The summed E-state index contributed by atoms with van der Waals surface area (Å²) in [6.45, 7) is 7.87. The summed E-state index contributed by atoms with van der Waals surface area (Å²) in [5.74, 6) is 0.442. The minimum Gasteiger partial charge on any atom is -0.497 e. The summed E-state index contributed by atoms with van der Waals surface area (Å²) in [6, 6.07) is 8.16. The Kier molecular flexibility index (Phi) is 4.16. The molecule has 1 aromatic carbocycles. The molecule has 0 radical (unpaired) electrons. The normalized spacial score (nSPS) is 21.1. The van der Waals surface area contributed by atoms with Gasteiger partial charge in [0, 0.05) is 11.8 Å². The van der Waals surface area contributed by atoms with Gasteiger partial charge in [0.25, 0.3) is 0 Å². The minimum absolute atomic E-state index is 0.125. The molecule has 0 aromatic heterocycles. The largest absolute Gasteiger partial charge is 0.497 e. The predicted molar refractivity (Wildman–Crippen MR) is 75.4 cm³/mol. The summed E-state index contributed by atoms with van der Waals surface area (Å²) in [5.41, 5.74) is 1.40. The highest BCUT2D eigenvalue weighted by Gasteiger charge is 2.36. The molecule has 0 saturated carbocycles. The second-order valence-corrected chi connectivity index (χ2v) is 6.22. The van der Waals surface area contributed by atoms with Crippen LogP contribution in [-0.4, -0.2) is 26.1 Å². The van der Waals surface area contributed by atoms with E-state index in [1.165, 1.54) is 5.56 Å². The van der Waals surface area contributed by atoms with Crippen molar-refractivity contribution in [3.8, 4) is 5.75 Å². The molecule has 0 bridgehead atoms. The van der Waals surface area contributed by atoms with E-state index < -0.39 is 5.79 Å². The molecule has 3 nitrogen and oxygen atoms in total. The van der Waals surface area contributed by atoms with Crippen LogP contribution in [0.1, 0.15) is 32.8 Å². The van der Waals surface area contributed by atoms with Crippen LogP contribution in [0.25, 0.3) is 0 Å². The molecule has 1 aromatic rings. The van der Waals surface area contributed by atoms with Gasteiger partial charge >= 0.3 is 0 Å². The van der Waals surface area contributed by atoms with Gasteiger partial charge in [0.05, 0.1) is 20.3 Å². The fraction of sp³-hybridized carbons (Fsp3) is 0.625. The molecule has 19 heavy (non-hydrogen) atoms. The molecular formula is C16H24O3. The van der Waals surface area contributed by atoms with Gasteiger partial charge in [-0.25, -0.2) is 0 Å². The molecule has 1 heterocycles. The lowest BCUT2D eigenvalue weighted by Crippen LogP contribution is -2.45. The van der Waals surface area contributed by atoms with E-state index in [2.05, 4.69) is 26.0 Å². The highest BCUT2D eigenvalue weighted by Crippen LogP contribution is 2.32. The quantitative estimate of drug-likeness (QED) is 0.834. The number of ether oxygens (including phenoxy) is 3. The van der Waals surface area contributed by atoms with Crippen LogP contribution in [0.4, 0.5) is 0 Å². The van der Waals surface area contributed by atoms with Crippen LogP contribution in [-0.2, 0) is 15.9 Å². The summed E-state index contributed by atoms with van der Waals surface area (Å²) in [5, 5.41) is 0. The first-order valence-electron chi connectivity index (χ1n) is 6.83. The van der Waals surface area contributed by atoms with Crippen molar-refractivity contribution in [2.45, 2.75) is 39.4 Å². The van der Waals surface area contributed by atoms with Crippen LogP contribution in [0.5, 0.6) is 5.75 Å². The first-order valence-corrected chi connectivity index (χ1v) is 6.83. The molecule has 2 rings (SSSR count). The SMILES string of the molecule is COc1ccc(CCC2(C)OCC(C)(C)CO2)cc1. The maximum absolute atomic E-state index is 5.90. The molecule has 0 atom stereocenters. The number of hydrogen-bond acceptors (Lipinski definition) is 3. The minimum atomic E-state index is -0.449. The number of hydrogen-bond donors (Lipinski definition) is 0. The van der Waals surface area contributed by atoms with E-state index in [4.69, 9.17) is 14.2 Å². The van der Waals surface area contributed by atoms with Crippen molar-refractivity contribution >= 4 is 0 Å². The van der Waals surface area contributed by atoms with Gasteiger partial charge in [-0.2, -0.15) is 0 Å². The molecule has 106 valence electrons. The molecule has 1 fully saturated rings. The van der Waals surface area contributed by atoms with Crippen LogP contribution in [0.15, 0.2) is 24.3 Å². The Balaban J connectivity index is 1.87. The predicted octanol–water partition coefficient (Wildman–Crippen LogP) is 3.42. The van der Waals surface area contributed by atoms with Crippen LogP contribution >= 0.6 is 0 Å². The molecule has 3 heteroatoms. The van der Waals surface area contributed by atoms with Crippen molar-refractivity contribution in [2.75, 3.05) is 20.3 Å². The zero-order valence-electron chi connectivity index (χ0n) is 12.4. The Morgan fingerprint density at radius 3 is 2.16 bits per heavy atom. The summed E-state index contributed by atoms with van der Waals surface area (Å²) < 4.78 is 17.0. The van der Waals surface area contributed by atoms with Gasteiger partial charge in [0.1, 0.15) is 5.75 Å². The van der Waals surface area contributed by atoms with Crippen molar-refractivity contribution in [3.63, 3.8) is 0 Å². The third-order valence-corrected chi connectivity index (χ3v) is 3.56. The van der Waals surface area contributed by atoms with E-state index in [1.807, 2.05) is 19.1 Å². The summed E-state index contributed by atoms with van der Waals surface area (Å²) in [4.78, 5) is 0. The fourth-order valence-corrected chi connectivity index (χ4v) is 2.09. The molecule has 0 aliphatic carbocycles. The van der Waals surface area contributed by atoms with E-state index in [-0.39, 0.29) is 5.41 Å². The summed E-state index contributed by atoms with van der Waals surface area (Å²) in [7, 11) is 1.68. The van der Waals surface area contributed by atoms with Crippen LogP contribution in [0.2, 0.25) is 0 Å². The third-order valence-electron chi connectivity index (χ3n) is 3.56. The smallest absolute Gasteiger partial charge is 0.165 e. The summed E-state index contributed by atoms with van der Waals surface area (Å²) in [6.07, 6.45) is 1.82. The highest BCUT2D eigenvalue weighted by atomic mass is 16.7. The number of rotatable bonds is 4. The van der Waals surface area contributed by atoms with Gasteiger partial charge < -0.3 is 14.2 Å². The Morgan fingerprint density at radius 2 is 1.63 bits per heavy atom. The van der Waals surface area contributed by atoms with Crippen LogP contribution < -0.4 is 4.74 Å². The standard InChI is InChI=1S/C16H24O3/c1-15(2)11-18-16(3,19-12-15)10-9-13-5-7-14(17-4)8-6-13/h5-8H,9-12H2,1-4H3. The van der Waals surface area contributed by atoms with Crippen LogP contribution in [0.3, 0.4) is 0 Å². The van der Waals surface area contributed by atoms with Gasteiger partial charge in [-0.1, -0.05) is 26.0 Å². The molecule has 1 saturated heterocycles. The van der Waals surface area contributed by atoms with E-state index in [9.17, 15) is 0 Å². The van der Waals surface area contributed by atoms with E-state index in [0.29, 0.717) is 0 Å². The topological polar surface area (TPSA) is 27.7 Å². The highest BCUT2D eigenvalue weighted by molar-refractivity contribution is 5.27. The van der Waals surface area contributed by atoms with Gasteiger partial charge in [0.2, 0.25) is 0 Å². The molecule has 1 aliphatic heterocycles.